The number of alkyl halides is 2. The van der Waals surface area contributed by atoms with Crippen molar-refractivity contribution < 1.29 is 23.6 Å². The zero-order valence-corrected chi connectivity index (χ0v) is 18.1. The maximum Gasteiger partial charge on any atom is 0.387 e. The molecule has 1 aromatic carbocycles. The number of nitrogens with one attached hydrogen (secondary N) is 3. The van der Waals surface area contributed by atoms with E-state index >= 15 is 0 Å². The summed E-state index contributed by atoms with van der Waals surface area (Å²) < 4.78 is 29.8. The number of carbonyl (C=O) groups excluding carboxylic acids is 1. The van der Waals surface area contributed by atoms with Crippen molar-refractivity contribution >= 4 is 28.5 Å². The van der Waals surface area contributed by atoms with Crippen molar-refractivity contribution in [3.05, 3.63) is 47.4 Å². The molecule has 11 heteroatoms. The van der Waals surface area contributed by atoms with Gasteiger partial charge < -0.3 is 26.1 Å². The van der Waals surface area contributed by atoms with Crippen molar-refractivity contribution in [2.24, 2.45) is 5.73 Å². The number of fused-ring (bicyclic) bond motifs is 1. The van der Waals surface area contributed by atoms with Crippen LogP contribution in [0.2, 0.25) is 0 Å². The number of rotatable bonds is 7. The maximum absolute atomic E-state index is 12.9. The molecule has 3 aromatic rings. The molecule has 0 saturated heterocycles. The first-order valence-electron chi connectivity index (χ1n) is 10.7. The molecule has 4 rings (SSSR count). The largest absolute Gasteiger partial charge is 0.435 e. The van der Waals surface area contributed by atoms with E-state index in [1.54, 1.807) is 24.6 Å². The summed E-state index contributed by atoms with van der Waals surface area (Å²) >= 11 is 0. The highest BCUT2D eigenvalue weighted by Gasteiger charge is 2.23. The predicted molar refractivity (Wildman–Crippen MR) is 118 cm³/mol. The standard InChI is InChI=1S/C22H25F2N7O2/c1-27-16-7-6-13(33-22(23)24)8-14(16)18(26)17-10-29-20-19(31-17)15(9-28-20)21(32)30-12-4-2-11(25)3-5-12/h6-12,22,26-27H,2-5,25H2,1H3,(H,28,29)(H,30,32)/p+1. The van der Waals surface area contributed by atoms with Crippen LogP contribution in [0.1, 0.15) is 47.3 Å². The fraction of sp³-hybridized carbons (Fsp3) is 0.364. The van der Waals surface area contributed by atoms with Gasteiger partial charge in [-0.05, 0) is 37.8 Å². The summed E-state index contributed by atoms with van der Waals surface area (Å²) in [6, 6.07) is 4.62. The van der Waals surface area contributed by atoms with E-state index in [1.807, 2.05) is 0 Å². The molecule has 0 aliphatic heterocycles. The van der Waals surface area contributed by atoms with Crippen LogP contribution in [-0.2, 0) is 0 Å². The Labute approximate surface area is 188 Å². The molecule has 0 radical (unpaired) electrons. The molecule has 0 atom stereocenters. The van der Waals surface area contributed by atoms with E-state index < -0.39 is 6.61 Å². The summed E-state index contributed by atoms with van der Waals surface area (Å²) in [7, 11) is 1.78. The highest BCUT2D eigenvalue weighted by Crippen LogP contribution is 2.24. The lowest BCUT2D eigenvalue weighted by atomic mass is 9.92. The molecule has 0 unspecified atom stereocenters. The van der Waals surface area contributed by atoms with Gasteiger partial charge in [0.1, 0.15) is 22.6 Å². The van der Waals surface area contributed by atoms with Gasteiger partial charge in [-0.25, -0.2) is 9.97 Å². The van der Waals surface area contributed by atoms with Crippen molar-refractivity contribution in [3.63, 3.8) is 0 Å². The van der Waals surface area contributed by atoms with Gasteiger partial charge in [-0.3, -0.25) is 10.2 Å². The van der Waals surface area contributed by atoms with E-state index in [0.29, 0.717) is 28.0 Å². The van der Waals surface area contributed by atoms with E-state index in [0.717, 1.165) is 25.7 Å². The Balaban J connectivity index is 1.62. The highest BCUT2D eigenvalue weighted by atomic mass is 19.3. The number of benzene rings is 1. The SMILES string of the molecule is C[NH2+]c1ccc(OC(F)F)cc1C(=N)c1cnc2[nH]cc(C(=O)NC3CCC(N)CC3)c2n1. The Morgan fingerprint density at radius 3 is 2.76 bits per heavy atom. The van der Waals surface area contributed by atoms with Gasteiger partial charge in [0.05, 0.1) is 30.1 Å². The number of aromatic nitrogens is 3. The summed E-state index contributed by atoms with van der Waals surface area (Å²) in [6.45, 7) is -2.97. The lowest BCUT2D eigenvalue weighted by molar-refractivity contribution is -0.539. The van der Waals surface area contributed by atoms with E-state index in [1.165, 1.54) is 18.3 Å². The number of quaternary nitrogens is 1. The number of carbonyl (C=O) groups is 1. The van der Waals surface area contributed by atoms with Gasteiger partial charge in [0.15, 0.2) is 5.65 Å². The Hall–Kier alpha value is -3.44. The molecule has 1 fully saturated rings. The summed E-state index contributed by atoms with van der Waals surface area (Å²) in [5.74, 6) is -0.326. The van der Waals surface area contributed by atoms with Crippen LogP contribution in [0, 0.1) is 5.41 Å². The molecule has 2 aromatic heterocycles. The van der Waals surface area contributed by atoms with Gasteiger partial charge in [0, 0.05) is 24.3 Å². The summed E-state index contributed by atoms with van der Waals surface area (Å²) in [6.07, 6.45) is 6.33. The van der Waals surface area contributed by atoms with Crippen LogP contribution in [0.15, 0.2) is 30.6 Å². The van der Waals surface area contributed by atoms with E-state index in [4.69, 9.17) is 11.1 Å². The van der Waals surface area contributed by atoms with Crippen molar-refractivity contribution in [1.82, 2.24) is 20.3 Å². The van der Waals surface area contributed by atoms with Gasteiger partial charge in [-0.15, -0.1) is 0 Å². The summed E-state index contributed by atoms with van der Waals surface area (Å²) in [4.78, 5) is 24.6. The summed E-state index contributed by atoms with van der Waals surface area (Å²) in [5.41, 5.74) is 8.23. The first kappa shape index (κ1) is 22.7. The molecule has 33 heavy (non-hydrogen) atoms. The van der Waals surface area contributed by atoms with Gasteiger partial charge in [0.25, 0.3) is 5.91 Å². The molecule has 1 aliphatic carbocycles. The van der Waals surface area contributed by atoms with Crippen molar-refractivity contribution in [2.45, 2.75) is 44.4 Å². The van der Waals surface area contributed by atoms with Crippen LogP contribution in [0.3, 0.4) is 0 Å². The fourth-order valence-electron chi connectivity index (χ4n) is 4.03. The number of hydrogen-bond donors (Lipinski definition) is 5. The van der Waals surface area contributed by atoms with Gasteiger partial charge >= 0.3 is 6.61 Å². The van der Waals surface area contributed by atoms with Crippen LogP contribution < -0.4 is 21.1 Å². The number of nitrogens with zero attached hydrogens (tertiary/aromatic N) is 2. The summed E-state index contributed by atoms with van der Waals surface area (Å²) in [5, 5.41) is 13.4. The molecule has 9 nitrogen and oxygen atoms in total. The Bertz CT molecular complexity index is 1170. The number of H-pyrrole nitrogens is 1. The van der Waals surface area contributed by atoms with E-state index in [-0.39, 0.29) is 35.1 Å². The average molecular weight is 458 g/mol. The molecule has 174 valence electrons. The minimum absolute atomic E-state index is 0.0222. The van der Waals surface area contributed by atoms with Crippen LogP contribution >= 0.6 is 0 Å². The van der Waals surface area contributed by atoms with Crippen LogP contribution in [-0.4, -0.2) is 52.3 Å². The Morgan fingerprint density at radius 1 is 1.30 bits per heavy atom. The third-order valence-electron chi connectivity index (χ3n) is 5.82. The number of halogens is 2. The average Bonchev–Trinajstić information content (AvgIpc) is 3.23. The third kappa shape index (κ3) is 4.99. The normalized spacial score (nSPS) is 18.5. The van der Waals surface area contributed by atoms with Crippen LogP contribution in [0.25, 0.3) is 11.2 Å². The minimum atomic E-state index is -2.97. The number of hydrogen-bond acceptors (Lipinski definition) is 6. The molecule has 1 amide bonds. The maximum atomic E-state index is 12.9. The molecule has 7 N–H and O–H groups in total. The molecule has 0 bridgehead atoms. The van der Waals surface area contributed by atoms with Crippen molar-refractivity contribution in [2.75, 3.05) is 7.05 Å². The molecule has 1 saturated carbocycles. The fourth-order valence-corrected chi connectivity index (χ4v) is 4.03. The Kier molecular flexibility index (Phi) is 6.61. The second kappa shape index (κ2) is 9.59. The van der Waals surface area contributed by atoms with Crippen LogP contribution in [0.5, 0.6) is 5.75 Å². The number of aromatic amines is 1. The van der Waals surface area contributed by atoms with Gasteiger partial charge in [-0.1, -0.05) is 0 Å². The zero-order valence-electron chi connectivity index (χ0n) is 18.1. The smallest absolute Gasteiger partial charge is 0.387 e. The van der Waals surface area contributed by atoms with Crippen LogP contribution in [0.4, 0.5) is 14.5 Å². The Morgan fingerprint density at radius 2 is 2.06 bits per heavy atom. The van der Waals surface area contributed by atoms with Crippen molar-refractivity contribution in [3.8, 4) is 5.75 Å². The monoisotopic (exact) mass is 458 g/mol. The first-order valence-corrected chi connectivity index (χ1v) is 10.7. The van der Waals surface area contributed by atoms with Crippen molar-refractivity contribution in [1.29, 1.82) is 5.41 Å². The quantitative estimate of drug-likeness (QED) is 0.271. The molecule has 1 aliphatic rings. The van der Waals surface area contributed by atoms with E-state index in [9.17, 15) is 13.6 Å². The molecule has 0 spiro atoms. The lowest BCUT2D eigenvalue weighted by Crippen LogP contribution is -2.73. The highest BCUT2D eigenvalue weighted by molar-refractivity contribution is 6.13. The third-order valence-corrected chi connectivity index (χ3v) is 5.82. The van der Waals surface area contributed by atoms with Gasteiger partial charge in [-0.2, -0.15) is 8.78 Å². The molecular formula is C22H26F2N7O2+. The topological polar surface area (TPSA) is 146 Å². The van der Waals surface area contributed by atoms with Gasteiger partial charge in [0.2, 0.25) is 0 Å². The first-order chi connectivity index (χ1) is 15.9. The number of amides is 1. The molecular weight excluding hydrogens is 432 g/mol. The lowest BCUT2D eigenvalue weighted by Gasteiger charge is -2.26. The minimum Gasteiger partial charge on any atom is -0.435 e. The number of ether oxygens (including phenoxy) is 1. The van der Waals surface area contributed by atoms with E-state index in [2.05, 4.69) is 25.0 Å². The number of nitrogens with two attached hydrogens (primary N) is 2. The predicted octanol–water partition coefficient (Wildman–Crippen LogP) is 1.80. The second-order valence-electron chi connectivity index (χ2n) is 8.03. The zero-order chi connectivity index (χ0) is 23.5. The second-order valence-corrected chi connectivity index (χ2v) is 8.03. The molecule has 2 heterocycles.